The zero-order valence-corrected chi connectivity index (χ0v) is 12.0. The molecule has 1 heterocycles. The standard InChI is InChI=1S/C11H9F3N2O2.C3H8/c1-2-9-15-8-4-3-6(18-11(12,13)14)5-7(8)10(17)16-9;1-3-2/h3-5H,2H2,1H3,(H,15,16,17);3H2,1-2H3. The van der Waals surface area contributed by atoms with Crippen LogP contribution in [-0.4, -0.2) is 16.3 Å². The average Bonchev–Trinajstić information content (AvgIpc) is 2.38. The average molecular weight is 302 g/mol. The predicted molar refractivity (Wildman–Crippen MR) is 74.4 cm³/mol. The summed E-state index contributed by atoms with van der Waals surface area (Å²) >= 11 is 0. The molecule has 1 N–H and O–H groups in total. The number of hydrogen-bond acceptors (Lipinski definition) is 3. The van der Waals surface area contributed by atoms with Crippen LogP contribution in [0.15, 0.2) is 23.0 Å². The molecule has 2 rings (SSSR count). The van der Waals surface area contributed by atoms with Gasteiger partial charge >= 0.3 is 6.36 Å². The number of fused-ring (bicyclic) bond motifs is 1. The van der Waals surface area contributed by atoms with Crippen molar-refractivity contribution < 1.29 is 17.9 Å². The molecular formula is C14H17F3N2O2. The van der Waals surface area contributed by atoms with Gasteiger partial charge in [0, 0.05) is 6.42 Å². The first-order valence-corrected chi connectivity index (χ1v) is 6.59. The molecule has 0 aliphatic heterocycles. The number of rotatable bonds is 2. The number of nitrogens with one attached hydrogen (secondary N) is 1. The molecule has 0 unspecified atom stereocenters. The second-order valence-electron chi connectivity index (χ2n) is 4.30. The Bertz CT molecular complexity index is 651. The van der Waals surface area contributed by atoms with Crippen molar-refractivity contribution in [2.75, 3.05) is 0 Å². The smallest absolute Gasteiger partial charge is 0.406 e. The van der Waals surface area contributed by atoms with Crippen LogP contribution in [-0.2, 0) is 6.42 Å². The molecule has 116 valence electrons. The zero-order chi connectivity index (χ0) is 16.0. The Kier molecular flexibility index (Phi) is 5.75. The number of hydrogen-bond donors (Lipinski definition) is 1. The largest absolute Gasteiger partial charge is 0.573 e. The number of benzene rings is 1. The summed E-state index contributed by atoms with van der Waals surface area (Å²) < 4.78 is 39.9. The molecule has 0 aliphatic carbocycles. The third-order valence-corrected chi connectivity index (χ3v) is 2.29. The van der Waals surface area contributed by atoms with Crippen molar-refractivity contribution in [1.82, 2.24) is 9.97 Å². The number of alkyl halides is 3. The minimum atomic E-state index is -4.78. The summed E-state index contributed by atoms with van der Waals surface area (Å²) in [6.45, 7) is 6.06. The highest BCUT2D eigenvalue weighted by Gasteiger charge is 2.31. The molecule has 0 bridgehead atoms. The lowest BCUT2D eigenvalue weighted by Gasteiger charge is -2.09. The molecule has 1 aromatic carbocycles. The minimum Gasteiger partial charge on any atom is -0.406 e. The first kappa shape index (κ1) is 17.0. The molecule has 0 fully saturated rings. The Labute approximate surface area is 120 Å². The van der Waals surface area contributed by atoms with Gasteiger partial charge in [-0.05, 0) is 18.2 Å². The van der Waals surface area contributed by atoms with E-state index in [1.54, 1.807) is 0 Å². The van der Waals surface area contributed by atoms with Gasteiger partial charge in [-0.1, -0.05) is 27.2 Å². The fourth-order valence-corrected chi connectivity index (χ4v) is 1.53. The Morgan fingerprint density at radius 2 is 1.86 bits per heavy atom. The molecule has 0 saturated carbocycles. The molecule has 0 aliphatic rings. The van der Waals surface area contributed by atoms with Crippen LogP contribution in [0, 0.1) is 0 Å². The molecule has 0 spiro atoms. The van der Waals surface area contributed by atoms with E-state index in [1.165, 1.54) is 12.5 Å². The summed E-state index contributed by atoms with van der Waals surface area (Å²) in [6.07, 6.45) is -3.00. The second kappa shape index (κ2) is 7.10. The maximum atomic E-state index is 12.0. The molecule has 0 amide bonds. The van der Waals surface area contributed by atoms with Crippen LogP contribution < -0.4 is 10.3 Å². The number of H-pyrrole nitrogens is 1. The highest BCUT2D eigenvalue weighted by Crippen LogP contribution is 2.24. The van der Waals surface area contributed by atoms with Crippen LogP contribution in [0.2, 0.25) is 0 Å². The molecular weight excluding hydrogens is 285 g/mol. The van der Waals surface area contributed by atoms with Gasteiger partial charge in [0.25, 0.3) is 5.56 Å². The van der Waals surface area contributed by atoms with E-state index in [0.29, 0.717) is 17.8 Å². The molecule has 7 heteroatoms. The Balaban J connectivity index is 0.000000677. The third kappa shape index (κ3) is 5.09. The van der Waals surface area contributed by atoms with Gasteiger partial charge in [-0.25, -0.2) is 4.98 Å². The van der Waals surface area contributed by atoms with Gasteiger partial charge in [-0.2, -0.15) is 0 Å². The summed E-state index contributed by atoms with van der Waals surface area (Å²) in [6, 6.07) is 3.47. The van der Waals surface area contributed by atoms with Crippen LogP contribution >= 0.6 is 0 Å². The predicted octanol–water partition coefficient (Wildman–Crippen LogP) is 3.80. The van der Waals surface area contributed by atoms with E-state index in [4.69, 9.17) is 0 Å². The Morgan fingerprint density at radius 3 is 2.38 bits per heavy atom. The second-order valence-corrected chi connectivity index (χ2v) is 4.30. The number of aryl methyl sites for hydroxylation is 1. The maximum absolute atomic E-state index is 12.0. The fourth-order valence-electron chi connectivity index (χ4n) is 1.53. The molecule has 4 nitrogen and oxygen atoms in total. The molecule has 1 aromatic heterocycles. The van der Waals surface area contributed by atoms with Gasteiger partial charge in [-0.15, -0.1) is 13.2 Å². The molecule has 2 aromatic rings. The van der Waals surface area contributed by atoms with Gasteiger partial charge in [0.05, 0.1) is 10.9 Å². The maximum Gasteiger partial charge on any atom is 0.573 e. The van der Waals surface area contributed by atoms with E-state index in [9.17, 15) is 18.0 Å². The van der Waals surface area contributed by atoms with Crippen molar-refractivity contribution in [2.24, 2.45) is 0 Å². The number of ether oxygens (including phenoxy) is 1. The van der Waals surface area contributed by atoms with Gasteiger partial charge in [0.1, 0.15) is 11.6 Å². The summed E-state index contributed by atoms with van der Waals surface area (Å²) in [5.74, 6) is 0.0449. The van der Waals surface area contributed by atoms with Crippen molar-refractivity contribution in [3.05, 3.63) is 34.4 Å². The summed E-state index contributed by atoms with van der Waals surface area (Å²) in [5, 5.41) is 0.0638. The summed E-state index contributed by atoms with van der Waals surface area (Å²) in [5.41, 5.74) is -0.144. The van der Waals surface area contributed by atoms with E-state index in [2.05, 4.69) is 28.6 Å². The highest BCUT2D eigenvalue weighted by atomic mass is 19.4. The van der Waals surface area contributed by atoms with Gasteiger partial charge in [0.15, 0.2) is 0 Å². The van der Waals surface area contributed by atoms with Crippen LogP contribution in [0.1, 0.15) is 33.0 Å². The normalized spacial score (nSPS) is 11.0. The first-order valence-electron chi connectivity index (χ1n) is 6.59. The molecule has 0 atom stereocenters. The van der Waals surface area contributed by atoms with E-state index in [0.717, 1.165) is 12.1 Å². The van der Waals surface area contributed by atoms with Crippen LogP contribution in [0.3, 0.4) is 0 Å². The van der Waals surface area contributed by atoms with Gasteiger partial charge < -0.3 is 9.72 Å². The summed E-state index contributed by atoms with van der Waals surface area (Å²) in [7, 11) is 0. The van der Waals surface area contributed by atoms with Crippen molar-refractivity contribution >= 4 is 10.9 Å². The Hall–Kier alpha value is -2.05. The summed E-state index contributed by atoms with van der Waals surface area (Å²) in [4.78, 5) is 18.2. The van der Waals surface area contributed by atoms with Crippen LogP contribution in [0.4, 0.5) is 13.2 Å². The lowest BCUT2D eigenvalue weighted by Crippen LogP contribution is -2.17. The van der Waals surface area contributed by atoms with Crippen molar-refractivity contribution in [2.45, 2.75) is 40.0 Å². The number of nitrogens with zero attached hydrogens (tertiary/aromatic N) is 1. The zero-order valence-electron chi connectivity index (χ0n) is 12.0. The Morgan fingerprint density at radius 1 is 1.24 bits per heavy atom. The molecule has 0 saturated heterocycles. The topological polar surface area (TPSA) is 55.0 Å². The van der Waals surface area contributed by atoms with Crippen molar-refractivity contribution in [1.29, 1.82) is 0 Å². The lowest BCUT2D eigenvalue weighted by molar-refractivity contribution is -0.274. The van der Waals surface area contributed by atoms with Crippen molar-refractivity contribution in [3.8, 4) is 5.75 Å². The van der Waals surface area contributed by atoms with E-state index < -0.39 is 17.7 Å². The number of aromatic amines is 1. The quantitative estimate of drug-likeness (QED) is 0.918. The monoisotopic (exact) mass is 302 g/mol. The fraction of sp³-hybridized carbons (Fsp3) is 0.429. The van der Waals surface area contributed by atoms with Gasteiger partial charge in [0.2, 0.25) is 0 Å². The van der Waals surface area contributed by atoms with Crippen molar-refractivity contribution in [3.63, 3.8) is 0 Å². The first-order chi connectivity index (χ1) is 9.80. The number of aromatic nitrogens is 2. The molecule has 0 radical (unpaired) electrons. The minimum absolute atomic E-state index is 0.0638. The van der Waals surface area contributed by atoms with E-state index in [-0.39, 0.29) is 5.39 Å². The molecule has 21 heavy (non-hydrogen) atoms. The highest BCUT2D eigenvalue weighted by molar-refractivity contribution is 5.79. The third-order valence-electron chi connectivity index (χ3n) is 2.29. The van der Waals surface area contributed by atoms with E-state index in [1.807, 2.05) is 6.92 Å². The number of halogens is 3. The lowest BCUT2D eigenvalue weighted by atomic mass is 10.2. The van der Waals surface area contributed by atoms with Crippen LogP contribution in [0.5, 0.6) is 5.75 Å². The van der Waals surface area contributed by atoms with Crippen LogP contribution in [0.25, 0.3) is 10.9 Å². The van der Waals surface area contributed by atoms with Gasteiger partial charge in [-0.3, -0.25) is 4.79 Å². The van der Waals surface area contributed by atoms with E-state index >= 15 is 0 Å². The SMILES string of the molecule is CCC.CCc1nc2ccc(OC(F)(F)F)cc2c(=O)[nH]1.